The summed E-state index contributed by atoms with van der Waals surface area (Å²) in [4.78, 5) is 24.5. The fourth-order valence-electron chi connectivity index (χ4n) is 3.30. The minimum absolute atomic E-state index is 0.157. The number of nitrogens with one attached hydrogen (secondary N) is 1. The van der Waals surface area contributed by atoms with Crippen LogP contribution in [0.5, 0.6) is 0 Å². The van der Waals surface area contributed by atoms with E-state index in [1.54, 1.807) is 0 Å². The average molecular weight is 452 g/mol. The van der Waals surface area contributed by atoms with Gasteiger partial charge in [0.2, 0.25) is 5.91 Å². The molecule has 2 N–H and O–H groups in total. The third kappa shape index (κ3) is 6.03. The Hall–Kier alpha value is -2.92. The zero-order valence-corrected chi connectivity index (χ0v) is 17.4. The zero-order chi connectivity index (χ0) is 20.6. The van der Waals surface area contributed by atoms with Crippen molar-refractivity contribution < 1.29 is 14.7 Å². The van der Waals surface area contributed by atoms with Crippen LogP contribution in [-0.4, -0.2) is 23.0 Å². The molecule has 3 aromatic carbocycles. The van der Waals surface area contributed by atoms with E-state index < -0.39 is 12.0 Å². The van der Waals surface area contributed by atoms with Crippen LogP contribution < -0.4 is 5.32 Å². The number of hydrogen-bond donors (Lipinski definition) is 2. The largest absolute Gasteiger partial charge is 0.480 e. The first-order valence-corrected chi connectivity index (χ1v) is 10.2. The van der Waals surface area contributed by atoms with Gasteiger partial charge in [-0.2, -0.15) is 0 Å². The maximum atomic E-state index is 12.8. The summed E-state index contributed by atoms with van der Waals surface area (Å²) in [6.45, 7) is 0. The first-order valence-electron chi connectivity index (χ1n) is 9.39. The summed E-state index contributed by atoms with van der Waals surface area (Å²) in [5.74, 6) is -1.48. The Bertz CT molecular complexity index is 943. The van der Waals surface area contributed by atoms with Gasteiger partial charge in [-0.15, -0.1) is 0 Å². The second-order valence-corrected chi connectivity index (χ2v) is 7.78. The Morgan fingerprint density at radius 2 is 1.38 bits per heavy atom. The van der Waals surface area contributed by atoms with Crippen LogP contribution in [0.3, 0.4) is 0 Å². The predicted octanol–water partition coefficient (Wildman–Crippen LogP) is 4.78. The lowest BCUT2D eigenvalue weighted by Gasteiger charge is -2.20. The van der Waals surface area contributed by atoms with Gasteiger partial charge in [0.15, 0.2) is 0 Å². The van der Waals surface area contributed by atoms with E-state index in [0.29, 0.717) is 0 Å². The van der Waals surface area contributed by atoms with Crippen molar-refractivity contribution in [3.63, 3.8) is 0 Å². The number of carboxylic acids is 1. The summed E-state index contributed by atoms with van der Waals surface area (Å²) in [6, 6.07) is 26.0. The molecule has 0 aliphatic heterocycles. The van der Waals surface area contributed by atoms with E-state index in [1.165, 1.54) is 0 Å². The van der Waals surface area contributed by atoms with Crippen molar-refractivity contribution in [3.05, 3.63) is 106 Å². The summed E-state index contributed by atoms with van der Waals surface area (Å²) in [5.41, 5.74) is 2.89. The number of aliphatic carboxylic acids is 1. The normalized spacial score (nSPS) is 12.7. The monoisotopic (exact) mass is 451 g/mol. The average Bonchev–Trinajstić information content (AvgIpc) is 2.73. The van der Waals surface area contributed by atoms with Crippen LogP contribution in [-0.2, 0) is 16.0 Å². The first-order chi connectivity index (χ1) is 14.0. The molecule has 1 amide bonds. The van der Waals surface area contributed by atoms with E-state index in [9.17, 15) is 14.7 Å². The van der Waals surface area contributed by atoms with E-state index in [-0.39, 0.29) is 24.7 Å². The van der Waals surface area contributed by atoms with Gasteiger partial charge < -0.3 is 10.4 Å². The van der Waals surface area contributed by atoms with E-state index in [0.717, 1.165) is 21.2 Å². The van der Waals surface area contributed by atoms with Crippen molar-refractivity contribution in [2.24, 2.45) is 0 Å². The number of amides is 1. The van der Waals surface area contributed by atoms with Crippen molar-refractivity contribution in [1.29, 1.82) is 0 Å². The second kappa shape index (κ2) is 10.0. The van der Waals surface area contributed by atoms with Crippen LogP contribution in [0.25, 0.3) is 0 Å². The molecule has 0 spiro atoms. The molecule has 0 aliphatic rings. The van der Waals surface area contributed by atoms with Gasteiger partial charge in [0.05, 0.1) is 0 Å². The third-order valence-electron chi connectivity index (χ3n) is 4.78. The van der Waals surface area contributed by atoms with E-state index in [2.05, 4.69) is 21.2 Å². The Morgan fingerprint density at radius 3 is 1.97 bits per heavy atom. The van der Waals surface area contributed by atoms with Gasteiger partial charge in [0.1, 0.15) is 6.04 Å². The Labute approximate surface area is 178 Å². The van der Waals surface area contributed by atoms with E-state index in [1.807, 2.05) is 84.9 Å². The van der Waals surface area contributed by atoms with Gasteiger partial charge in [0.25, 0.3) is 0 Å². The molecule has 4 nitrogen and oxygen atoms in total. The van der Waals surface area contributed by atoms with Crippen LogP contribution in [0, 0.1) is 0 Å². The molecule has 0 saturated carbocycles. The lowest BCUT2D eigenvalue weighted by Crippen LogP contribution is -2.42. The van der Waals surface area contributed by atoms with Crippen molar-refractivity contribution in [3.8, 4) is 0 Å². The second-order valence-electron chi connectivity index (χ2n) is 6.87. The molecule has 3 rings (SSSR count). The fraction of sp³-hybridized carbons (Fsp3) is 0.167. The molecule has 2 atom stereocenters. The summed E-state index contributed by atoms with van der Waals surface area (Å²) in [7, 11) is 0. The molecule has 0 bridgehead atoms. The Morgan fingerprint density at radius 1 is 0.828 bits per heavy atom. The maximum absolute atomic E-state index is 12.8. The van der Waals surface area contributed by atoms with Crippen molar-refractivity contribution in [1.82, 2.24) is 5.32 Å². The van der Waals surface area contributed by atoms with Crippen molar-refractivity contribution in [2.75, 3.05) is 0 Å². The molecular formula is C24H22BrNO3. The molecule has 0 aliphatic carbocycles. The summed E-state index contributed by atoms with van der Waals surface area (Å²) in [6.07, 6.45) is 0.417. The van der Waals surface area contributed by atoms with Crippen LogP contribution in [0.15, 0.2) is 89.4 Å². The van der Waals surface area contributed by atoms with Gasteiger partial charge in [-0.25, -0.2) is 4.79 Å². The van der Waals surface area contributed by atoms with Crippen LogP contribution in [0.1, 0.15) is 29.0 Å². The topological polar surface area (TPSA) is 66.4 Å². The van der Waals surface area contributed by atoms with Gasteiger partial charge in [0, 0.05) is 23.2 Å². The number of hydrogen-bond acceptors (Lipinski definition) is 2. The minimum Gasteiger partial charge on any atom is -0.480 e. The number of benzene rings is 3. The molecule has 148 valence electrons. The molecule has 3 aromatic rings. The molecule has 0 aromatic heterocycles. The molecule has 0 saturated heterocycles. The van der Waals surface area contributed by atoms with Crippen LogP contribution in [0.4, 0.5) is 0 Å². The number of rotatable bonds is 8. The molecule has 29 heavy (non-hydrogen) atoms. The first kappa shape index (κ1) is 20.8. The van der Waals surface area contributed by atoms with Crippen LogP contribution in [0.2, 0.25) is 0 Å². The van der Waals surface area contributed by atoms with Gasteiger partial charge in [-0.3, -0.25) is 4.79 Å². The van der Waals surface area contributed by atoms with Gasteiger partial charge in [-0.05, 0) is 28.8 Å². The lowest BCUT2D eigenvalue weighted by atomic mass is 9.88. The highest BCUT2D eigenvalue weighted by Gasteiger charge is 2.24. The predicted molar refractivity (Wildman–Crippen MR) is 117 cm³/mol. The van der Waals surface area contributed by atoms with Crippen molar-refractivity contribution in [2.45, 2.75) is 24.8 Å². The van der Waals surface area contributed by atoms with Gasteiger partial charge in [-0.1, -0.05) is 88.7 Å². The summed E-state index contributed by atoms with van der Waals surface area (Å²) >= 11 is 3.44. The lowest BCUT2D eigenvalue weighted by molar-refractivity contribution is -0.141. The summed E-state index contributed by atoms with van der Waals surface area (Å²) < 4.78 is 0.964. The zero-order valence-electron chi connectivity index (χ0n) is 15.8. The molecule has 2 unspecified atom stereocenters. The quantitative estimate of drug-likeness (QED) is 0.517. The SMILES string of the molecule is O=C(CC(c1ccccc1)c1ccc(Br)cc1)NC(Cc1ccccc1)C(=O)O. The maximum Gasteiger partial charge on any atom is 0.326 e. The highest BCUT2D eigenvalue weighted by atomic mass is 79.9. The van der Waals surface area contributed by atoms with E-state index in [4.69, 9.17) is 0 Å². The number of carboxylic acid groups (broad SMARTS) is 1. The highest BCUT2D eigenvalue weighted by molar-refractivity contribution is 9.10. The fourth-order valence-corrected chi connectivity index (χ4v) is 3.56. The van der Waals surface area contributed by atoms with Crippen molar-refractivity contribution >= 4 is 27.8 Å². The Kier molecular flexibility index (Phi) is 7.19. The third-order valence-corrected chi connectivity index (χ3v) is 5.31. The molecular weight excluding hydrogens is 430 g/mol. The standard InChI is InChI=1S/C24H22BrNO3/c25-20-13-11-19(12-14-20)21(18-9-5-2-6-10-18)16-23(27)26-22(24(28)29)15-17-7-3-1-4-8-17/h1-14,21-22H,15-16H2,(H,26,27)(H,28,29). The number of carbonyl (C=O) groups excluding carboxylic acids is 1. The Balaban J connectivity index is 1.76. The molecule has 0 heterocycles. The molecule has 0 radical (unpaired) electrons. The number of carbonyl (C=O) groups is 2. The molecule has 5 heteroatoms. The summed E-state index contributed by atoms with van der Waals surface area (Å²) in [5, 5.41) is 12.3. The van der Waals surface area contributed by atoms with Gasteiger partial charge >= 0.3 is 5.97 Å². The highest BCUT2D eigenvalue weighted by Crippen LogP contribution is 2.29. The minimum atomic E-state index is -1.04. The smallest absolute Gasteiger partial charge is 0.326 e. The van der Waals surface area contributed by atoms with E-state index >= 15 is 0 Å². The molecule has 0 fully saturated rings. The van der Waals surface area contributed by atoms with Crippen LogP contribution >= 0.6 is 15.9 Å². The number of halogens is 1.